The van der Waals surface area contributed by atoms with Crippen molar-refractivity contribution in [2.24, 2.45) is 11.3 Å². The van der Waals surface area contributed by atoms with Gasteiger partial charge < -0.3 is 10.0 Å². The maximum atomic E-state index is 12.4. The Morgan fingerprint density at radius 2 is 1.70 bits per heavy atom. The lowest BCUT2D eigenvalue weighted by Crippen LogP contribution is -2.35. The molecule has 2 fully saturated rings. The zero-order valence-corrected chi connectivity index (χ0v) is 12.6. The van der Waals surface area contributed by atoms with E-state index in [1.807, 2.05) is 11.9 Å². The minimum atomic E-state index is -0.766. The number of carboxylic acids is 1. The Hall–Kier alpha value is -1.06. The van der Waals surface area contributed by atoms with Crippen LogP contribution in [0, 0.1) is 11.3 Å². The summed E-state index contributed by atoms with van der Waals surface area (Å²) in [4.78, 5) is 25.3. The molecule has 0 bridgehead atoms. The van der Waals surface area contributed by atoms with Crippen molar-refractivity contribution in [2.45, 2.75) is 64.2 Å². The van der Waals surface area contributed by atoms with E-state index in [-0.39, 0.29) is 17.7 Å². The molecule has 0 radical (unpaired) electrons. The minimum Gasteiger partial charge on any atom is -0.481 e. The van der Waals surface area contributed by atoms with Crippen LogP contribution in [-0.2, 0) is 9.59 Å². The molecule has 0 aliphatic heterocycles. The van der Waals surface area contributed by atoms with Crippen LogP contribution < -0.4 is 0 Å². The van der Waals surface area contributed by atoms with Crippen LogP contribution in [0.3, 0.4) is 0 Å². The van der Waals surface area contributed by atoms with E-state index in [4.69, 9.17) is 5.11 Å². The number of carbonyl (C=O) groups is 2. The summed E-state index contributed by atoms with van der Waals surface area (Å²) in [5, 5.41) is 9.10. The van der Waals surface area contributed by atoms with E-state index < -0.39 is 5.97 Å². The fourth-order valence-corrected chi connectivity index (χ4v) is 4.00. The molecule has 0 aromatic carbocycles. The summed E-state index contributed by atoms with van der Waals surface area (Å²) in [6, 6.07) is 0. The second kappa shape index (κ2) is 6.59. The van der Waals surface area contributed by atoms with Crippen molar-refractivity contribution in [3.63, 3.8) is 0 Å². The number of hydrogen-bond donors (Lipinski definition) is 1. The van der Waals surface area contributed by atoms with Gasteiger partial charge in [-0.15, -0.1) is 0 Å². The summed E-state index contributed by atoms with van der Waals surface area (Å²) in [7, 11) is 1.88. The van der Waals surface area contributed by atoms with Gasteiger partial charge in [0, 0.05) is 20.0 Å². The van der Waals surface area contributed by atoms with Gasteiger partial charge in [-0.05, 0) is 37.0 Å². The van der Waals surface area contributed by atoms with Crippen molar-refractivity contribution >= 4 is 11.9 Å². The number of amides is 1. The average molecular weight is 281 g/mol. The van der Waals surface area contributed by atoms with Gasteiger partial charge in [0.25, 0.3) is 0 Å². The largest absolute Gasteiger partial charge is 0.481 e. The lowest BCUT2D eigenvalue weighted by molar-refractivity contribution is -0.141. The van der Waals surface area contributed by atoms with Gasteiger partial charge in [-0.2, -0.15) is 0 Å². The highest BCUT2D eigenvalue weighted by molar-refractivity contribution is 5.78. The number of carbonyl (C=O) groups excluding carboxylic acids is 1. The van der Waals surface area contributed by atoms with Crippen LogP contribution in [0.1, 0.15) is 64.2 Å². The van der Waals surface area contributed by atoms with E-state index in [1.54, 1.807) is 0 Å². The molecule has 2 saturated carbocycles. The molecule has 0 spiro atoms. The Morgan fingerprint density at radius 3 is 2.25 bits per heavy atom. The predicted octanol–water partition coefficient (Wildman–Crippen LogP) is 3.06. The molecule has 4 heteroatoms. The third-order valence-corrected chi connectivity index (χ3v) is 5.15. The van der Waals surface area contributed by atoms with Gasteiger partial charge in [0.05, 0.1) is 6.42 Å². The fourth-order valence-electron chi connectivity index (χ4n) is 4.00. The molecule has 0 unspecified atom stereocenters. The normalized spacial score (nSPS) is 22.1. The highest BCUT2D eigenvalue weighted by atomic mass is 16.4. The molecule has 20 heavy (non-hydrogen) atoms. The lowest BCUT2D eigenvalue weighted by atomic mass is 9.79. The molecule has 0 saturated heterocycles. The molecule has 2 rings (SSSR count). The number of nitrogens with zero attached hydrogens (tertiary/aromatic N) is 1. The monoisotopic (exact) mass is 281 g/mol. The molecule has 1 amide bonds. The molecule has 0 aromatic rings. The average Bonchev–Trinajstić information content (AvgIpc) is 3.00. The van der Waals surface area contributed by atoms with Crippen LogP contribution in [0.25, 0.3) is 0 Å². The summed E-state index contributed by atoms with van der Waals surface area (Å²) in [5.74, 6) is 0.0288. The SMILES string of the molecule is CN(CC1CCCC1)C(=O)CC1(CC(=O)O)CCCC1. The van der Waals surface area contributed by atoms with Gasteiger partial charge in [0.1, 0.15) is 0 Å². The summed E-state index contributed by atoms with van der Waals surface area (Å²) in [6.07, 6.45) is 9.52. The summed E-state index contributed by atoms with van der Waals surface area (Å²) in [5.41, 5.74) is -0.271. The van der Waals surface area contributed by atoms with Crippen molar-refractivity contribution in [1.82, 2.24) is 4.90 Å². The zero-order valence-electron chi connectivity index (χ0n) is 12.6. The van der Waals surface area contributed by atoms with Gasteiger partial charge in [-0.3, -0.25) is 9.59 Å². The zero-order chi connectivity index (χ0) is 14.6. The van der Waals surface area contributed by atoms with Crippen LogP contribution in [-0.4, -0.2) is 35.5 Å². The van der Waals surface area contributed by atoms with Gasteiger partial charge in [-0.25, -0.2) is 0 Å². The Balaban J connectivity index is 1.88. The topological polar surface area (TPSA) is 57.6 Å². The smallest absolute Gasteiger partial charge is 0.303 e. The van der Waals surface area contributed by atoms with Crippen molar-refractivity contribution in [3.05, 3.63) is 0 Å². The fraction of sp³-hybridized carbons (Fsp3) is 0.875. The Morgan fingerprint density at radius 1 is 1.10 bits per heavy atom. The van der Waals surface area contributed by atoms with E-state index in [0.717, 1.165) is 32.2 Å². The molecular formula is C16H27NO3. The van der Waals surface area contributed by atoms with E-state index in [9.17, 15) is 9.59 Å². The summed E-state index contributed by atoms with van der Waals surface area (Å²) >= 11 is 0. The third-order valence-electron chi connectivity index (χ3n) is 5.15. The Kier molecular flexibility index (Phi) is 5.06. The first-order chi connectivity index (χ1) is 9.51. The van der Waals surface area contributed by atoms with Crippen molar-refractivity contribution in [1.29, 1.82) is 0 Å². The van der Waals surface area contributed by atoms with Gasteiger partial charge >= 0.3 is 5.97 Å². The minimum absolute atomic E-state index is 0.139. The molecule has 0 heterocycles. The molecule has 1 N–H and O–H groups in total. The van der Waals surface area contributed by atoms with Crippen LogP contribution in [0.5, 0.6) is 0 Å². The number of rotatable bonds is 6. The van der Waals surface area contributed by atoms with E-state index >= 15 is 0 Å². The highest BCUT2D eigenvalue weighted by Gasteiger charge is 2.38. The molecule has 114 valence electrons. The quantitative estimate of drug-likeness (QED) is 0.814. The highest BCUT2D eigenvalue weighted by Crippen LogP contribution is 2.44. The third kappa shape index (κ3) is 3.97. The standard InChI is InChI=1S/C16H27NO3/c1-17(12-13-6-2-3-7-13)14(18)10-16(11-15(19)20)8-4-5-9-16/h13H,2-12H2,1H3,(H,19,20). The van der Waals surface area contributed by atoms with E-state index in [2.05, 4.69) is 0 Å². The molecule has 2 aliphatic rings. The van der Waals surface area contributed by atoms with E-state index in [1.165, 1.54) is 25.7 Å². The van der Waals surface area contributed by atoms with Gasteiger partial charge in [-0.1, -0.05) is 25.7 Å². The number of hydrogen-bond acceptors (Lipinski definition) is 2. The van der Waals surface area contributed by atoms with E-state index in [0.29, 0.717) is 12.3 Å². The maximum Gasteiger partial charge on any atom is 0.303 e. The van der Waals surface area contributed by atoms with Crippen LogP contribution >= 0.6 is 0 Å². The van der Waals surface area contributed by atoms with Gasteiger partial charge in [0.15, 0.2) is 0 Å². The first-order valence-corrected chi connectivity index (χ1v) is 7.96. The molecule has 0 aromatic heterocycles. The number of carboxylic acid groups (broad SMARTS) is 1. The van der Waals surface area contributed by atoms with Crippen molar-refractivity contribution in [2.75, 3.05) is 13.6 Å². The second-order valence-electron chi connectivity index (χ2n) is 6.88. The second-order valence-corrected chi connectivity index (χ2v) is 6.88. The van der Waals surface area contributed by atoms with Gasteiger partial charge in [0.2, 0.25) is 5.91 Å². The molecule has 4 nitrogen and oxygen atoms in total. The first-order valence-electron chi connectivity index (χ1n) is 7.96. The lowest BCUT2D eigenvalue weighted by Gasteiger charge is -2.30. The Bertz CT molecular complexity index is 355. The van der Waals surface area contributed by atoms with Crippen LogP contribution in [0.2, 0.25) is 0 Å². The molecule has 0 atom stereocenters. The summed E-state index contributed by atoms with van der Waals surface area (Å²) in [6.45, 7) is 0.849. The first kappa shape index (κ1) is 15.3. The predicted molar refractivity (Wildman–Crippen MR) is 77.4 cm³/mol. The summed E-state index contributed by atoms with van der Waals surface area (Å²) < 4.78 is 0. The van der Waals surface area contributed by atoms with Crippen LogP contribution in [0.15, 0.2) is 0 Å². The number of aliphatic carboxylic acids is 1. The molecule has 2 aliphatic carbocycles. The maximum absolute atomic E-state index is 12.4. The Labute approximate surface area is 121 Å². The van der Waals surface area contributed by atoms with Crippen molar-refractivity contribution in [3.8, 4) is 0 Å². The van der Waals surface area contributed by atoms with Crippen molar-refractivity contribution < 1.29 is 14.7 Å². The van der Waals surface area contributed by atoms with Crippen LogP contribution in [0.4, 0.5) is 0 Å². The molecular weight excluding hydrogens is 254 g/mol.